The lowest BCUT2D eigenvalue weighted by molar-refractivity contribution is 0.257. The van der Waals surface area contributed by atoms with Gasteiger partial charge < -0.3 is 5.73 Å². The molecule has 0 amide bonds. The van der Waals surface area contributed by atoms with Crippen LogP contribution < -0.4 is 5.73 Å². The Bertz CT molecular complexity index is 818. The van der Waals surface area contributed by atoms with E-state index in [-0.39, 0.29) is 22.4 Å². The summed E-state index contributed by atoms with van der Waals surface area (Å²) in [6.07, 6.45) is 4.16. The molecule has 7 nitrogen and oxygen atoms in total. The summed E-state index contributed by atoms with van der Waals surface area (Å²) in [6, 6.07) is 5.48. The number of nitrogens with zero attached hydrogens (tertiary/aromatic N) is 2. The van der Waals surface area contributed by atoms with E-state index in [1.807, 2.05) is 0 Å². The van der Waals surface area contributed by atoms with E-state index in [2.05, 4.69) is 0 Å². The number of sulfonamides is 2. The van der Waals surface area contributed by atoms with Crippen LogP contribution in [0.5, 0.6) is 0 Å². The van der Waals surface area contributed by atoms with Crippen molar-refractivity contribution in [2.45, 2.75) is 47.9 Å². The molecular weight excluding hydrogens is 362 g/mol. The van der Waals surface area contributed by atoms with Crippen LogP contribution in [-0.2, 0) is 20.0 Å². The van der Waals surface area contributed by atoms with Gasteiger partial charge in [-0.3, -0.25) is 0 Å². The maximum atomic E-state index is 13.0. The second kappa shape index (κ2) is 7.32. The molecule has 2 N–H and O–H groups in total. The fourth-order valence-electron chi connectivity index (χ4n) is 3.53. The van der Waals surface area contributed by atoms with Gasteiger partial charge in [0.05, 0.1) is 9.79 Å². The summed E-state index contributed by atoms with van der Waals surface area (Å²) in [5.74, 6) is 0. The maximum Gasteiger partial charge on any atom is 0.243 e. The van der Waals surface area contributed by atoms with Crippen LogP contribution in [0.3, 0.4) is 0 Å². The smallest absolute Gasteiger partial charge is 0.243 e. The summed E-state index contributed by atoms with van der Waals surface area (Å²) in [4.78, 5) is 0.0601. The van der Waals surface area contributed by atoms with Gasteiger partial charge in [0.15, 0.2) is 0 Å². The highest BCUT2D eigenvalue weighted by Gasteiger charge is 2.34. The predicted molar refractivity (Wildman–Crippen MR) is 95.0 cm³/mol. The van der Waals surface area contributed by atoms with Crippen LogP contribution in [0.25, 0.3) is 0 Å². The van der Waals surface area contributed by atoms with Crippen molar-refractivity contribution in [3.63, 3.8) is 0 Å². The first-order valence-corrected chi connectivity index (χ1v) is 11.6. The van der Waals surface area contributed by atoms with E-state index in [1.54, 1.807) is 0 Å². The van der Waals surface area contributed by atoms with E-state index < -0.39 is 20.0 Å². The SMILES string of the molecule is NCC1CCCCN1S(=O)(=O)c1cccc(S(=O)(=O)N2CCCC2)c1. The van der Waals surface area contributed by atoms with Crippen LogP contribution in [0.15, 0.2) is 34.1 Å². The first kappa shape index (κ1) is 18.8. The molecule has 2 aliphatic rings. The molecule has 0 spiro atoms. The fraction of sp³-hybridized carbons (Fsp3) is 0.625. The zero-order valence-electron chi connectivity index (χ0n) is 14.2. The lowest BCUT2D eigenvalue weighted by Crippen LogP contribution is -2.47. The van der Waals surface area contributed by atoms with E-state index in [0.29, 0.717) is 19.6 Å². The molecule has 2 fully saturated rings. The van der Waals surface area contributed by atoms with Crippen LogP contribution in [0.4, 0.5) is 0 Å². The molecule has 1 aromatic rings. The van der Waals surface area contributed by atoms with Gasteiger partial charge in [-0.15, -0.1) is 0 Å². The van der Waals surface area contributed by atoms with Gasteiger partial charge in [0.25, 0.3) is 0 Å². The number of hydrogen-bond acceptors (Lipinski definition) is 5. The Morgan fingerprint density at radius 3 is 2.16 bits per heavy atom. The van der Waals surface area contributed by atoms with Crippen molar-refractivity contribution in [2.24, 2.45) is 5.73 Å². The van der Waals surface area contributed by atoms with Crippen molar-refractivity contribution in [3.8, 4) is 0 Å². The first-order valence-electron chi connectivity index (χ1n) is 8.69. The molecule has 0 aliphatic carbocycles. The van der Waals surface area contributed by atoms with E-state index in [1.165, 1.54) is 32.9 Å². The first-order chi connectivity index (χ1) is 11.9. The molecule has 2 aliphatic heterocycles. The van der Waals surface area contributed by atoms with Crippen LogP contribution in [0.1, 0.15) is 32.1 Å². The molecule has 1 atom stereocenters. The summed E-state index contributed by atoms with van der Waals surface area (Å²) in [5, 5.41) is 0. The summed E-state index contributed by atoms with van der Waals surface area (Å²) < 4.78 is 54.3. The van der Waals surface area contributed by atoms with Gasteiger partial charge >= 0.3 is 0 Å². The molecule has 0 saturated carbocycles. The largest absolute Gasteiger partial charge is 0.329 e. The molecule has 0 aromatic heterocycles. The minimum Gasteiger partial charge on any atom is -0.329 e. The molecule has 0 radical (unpaired) electrons. The Labute approximate surface area is 149 Å². The summed E-state index contributed by atoms with van der Waals surface area (Å²) in [5.41, 5.74) is 5.74. The van der Waals surface area contributed by atoms with Gasteiger partial charge in [-0.2, -0.15) is 8.61 Å². The predicted octanol–water partition coefficient (Wildman–Crippen LogP) is 0.973. The highest BCUT2D eigenvalue weighted by Crippen LogP contribution is 2.28. The third-order valence-corrected chi connectivity index (χ3v) is 8.80. The van der Waals surface area contributed by atoms with E-state index >= 15 is 0 Å². The number of piperidine rings is 1. The monoisotopic (exact) mass is 387 g/mol. The van der Waals surface area contributed by atoms with Gasteiger partial charge in [-0.25, -0.2) is 16.8 Å². The second-order valence-electron chi connectivity index (χ2n) is 6.59. The minimum atomic E-state index is -3.76. The Morgan fingerprint density at radius 2 is 1.52 bits per heavy atom. The Kier molecular flexibility index (Phi) is 5.50. The fourth-order valence-corrected chi connectivity index (χ4v) is 6.92. The summed E-state index contributed by atoms with van der Waals surface area (Å²) in [7, 11) is -7.40. The van der Waals surface area contributed by atoms with Crippen molar-refractivity contribution in [1.29, 1.82) is 0 Å². The van der Waals surface area contributed by atoms with Gasteiger partial charge in [-0.1, -0.05) is 12.5 Å². The molecule has 1 unspecified atom stereocenters. The standard InChI is InChI=1S/C16H25N3O4S2/c17-13-14-6-1-2-11-19(14)25(22,23)16-8-5-7-15(12-16)24(20,21)18-9-3-4-10-18/h5,7-8,12,14H,1-4,6,9-11,13,17H2. The molecule has 3 rings (SSSR count). The molecule has 9 heteroatoms. The van der Waals surface area contributed by atoms with Crippen molar-refractivity contribution in [2.75, 3.05) is 26.2 Å². The van der Waals surface area contributed by atoms with E-state index in [9.17, 15) is 16.8 Å². The zero-order chi connectivity index (χ0) is 18.1. The van der Waals surface area contributed by atoms with Gasteiger partial charge in [0, 0.05) is 32.2 Å². The van der Waals surface area contributed by atoms with Crippen LogP contribution in [0.2, 0.25) is 0 Å². The molecular formula is C16H25N3O4S2. The quantitative estimate of drug-likeness (QED) is 0.811. The topological polar surface area (TPSA) is 101 Å². The third-order valence-electron chi connectivity index (χ3n) is 4.96. The number of rotatable bonds is 5. The molecule has 1 aromatic carbocycles. The molecule has 2 saturated heterocycles. The van der Waals surface area contributed by atoms with Crippen LogP contribution >= 0.6 is 0 Å². The number of benzene rings is 1. The van der Waals surface area contributed by atoms with Crippen LogP contribution in [0, 0.1) is 0 Å². The highest BCUT2D eigenvalue weighted by atomic mass is 32.2. The molecule has 25 heavy (non-hydrogen) atoms. The molecule has 2 heterocycles. The average Bonchev–Trinajstić information content (AvgIpc) is 3.17. The second-order valence-corrected chi connectivity index (χ2v) is 10.4. The van der Waals surface area contributed by atoms with Gasteiger partial charge in [-0.05, 0) is 43.9 Å². The Morgan fingerprint density at radius 1 is 0.920 bits per heavy atom. The van der Waals surface area contributed by atoms with E-state index in [4.69, 9.17) is 5.73 Å². The number of hydrogen-bond donors (Lipinski definition) is 1. The zero-order valence-corrected chi connectivity index (χ0v) is 15.8. The van der Waals surface area contributed by atoms with Gasteiger partial charge in [0.2, 0.25) is 20.0 Å². The van der Waals surface area contributed by atoms with Crippen molar-refractivity contribution < 1.29 is 16.8 Å². The van der Waals surface area contributed by atoms with Crippen LogP contribution in [-0.4, -0.2) is 57.7 Å². The van der Waals surface area contributed by atoms with Crippen molar-refractivity contribution in [1.82, 2.24) is 8.61 Å². The van der Waals surface area contributed by atoms with E-state index in [0.717, 1.165) is 32.1 Å². The number of nitrogens with two attached hydrogens (primary N) is 1. The third kappa shape index (κ3) is 3.61. The normalized spacial score (nSPS) is 23.8. The Hall–Kier alpha value is -1.00. The molecule has 140 valence electrons. The Balaban J connectivity index is 1.95. The van der Waals surface area contributed by atoms with Crippen molar-refractivity contribution >= 4 is 20.0 Å². The summed E-state index contributed by atoms with van der Waals surface area (Å²) >= 11 is 0. The van der Waals surface area contributed by atoms with Gasteiger partial charge in [0.1, 0.15) is 0 Å². The lowest BCUT2D eigenvalue weighted by atomic mass is 10.1. The average molecular weight is 388 g/mol. The van der Waals surface area contributed by atoms with Crippen molar-refractivity contribution in [3.05, 3.63) is 24.3 Å². The highest BCUT2D eigenvalue weighted by molar-refractivity contribution is 7.90. The lowest BCUT2D eigenvalue weighted by Gasteiger charge is -2.34. The minimum absolute atomic E-state index is 0.0214. The maximum absolute atomic E-state index is 13.0. The summed E-state index contributed by atoms with van der Waals surface area (Å²) in [6.45, 7) is 1.67. The molecule has 0 bridgehead atoms.